The third-order valence-corrected chi connectivity index (χ3v) is 7.10. The zero-order chi connectivity index (χ0) is 27.8. The molecule has 37 heavy (non-hydrogen) atoms. The van der Waals surface area contributed by atoms with Crippen molar-refractivity contribution in [3.63, 3.8) is 0 Å². The second kappa shape index (κ2) is 10.4. The molecular weight excluding hydrogens is 521 g/mol. The van der Waals surface area contributed by atoms with E-state index in [1.165, 1.54) is 6.07 Å². The van der Waals surface area contributed by atoms with Crippen molar-refractivity contribution in [1.29, 1.82) is 0 Å². The number of hydrogen-bond acceptors (Lipinski definition) is 4. The van der Waals surface area contributed by atoms with Crippen LogP contribution in [0.1, 0.15) is 43.7 Å². The number of benzene rings is 1. The first-order valence-corrected chi connectivity index (χ1v) is 11.7. The molecule has 0 N–H and O–H groups in total. The number of likely N-dealkylation sites (tertiary alicyclic amines) is 1. The monoisotopic (exact) mass is 549 g/mol. The Morgan fingerprint density at radius 2 is 1.51 bits per heavy atom. The summed E-state index contributed by atoms with van der Waals surface area (Å²) in [5.74, 6) is 0. The van der Waals surface area contributed by atoms with E-state index in [2.05, 4.69) is 4.74 Å². The maximum absolute atomic E-state index is 13.3. The van der Waals surface area contributed by atoms with Crippen molar-refractivity contribution >= 4 is 11.8 Å². The van der Waals surface area contributed by atoms with Crippen LogP contribution in [0, 0.1) is 0 Å². The molecule has 2 fully saturated rings. The maximum Gasteiger partial charge on any atom is 0.434 e. The number of carbonyl (C=O) groups is 1. The van der Waals surface area contributed by atoms with Crippen LogP contribution in [0.15, 0.2) is 18.2 Å². The lowest BCUT2D eigenvalue weighted by molar-refractivity contribution is -0.308. The minimum atomic E-state index is -5.80. The van der Waals surface area contributed by atoms with E-state index in [9.17, 15) is 44.3 Å². The number of alkyl halides is 9. The fraction of sp³-hybridized carbons (Fsp3) is 0.696. The average molecular weight is 549 g/mol. The van der Waals surface area contributed by atoms with Crippen molar-refractivity contribution in [2.24, 2.45) is 0 Å². The highest BCUT2D eigenvalue weighted by Crippen LogP contribution is 2.38. The van der Waals surface area contributed by atoms with Gasteiger partial charge in [0.2, 0.25) is 0 Å². The number of hydrogen-bond donors (Lipinski definition) is 0. The van der Waals surface area contributed by atoms with Gasteiger partial charge in [0, 0.05) is 44.0 Å². The predicted molar refractivity (Wildman–Crippen MR) is 116 cm³/mol. The molecule has 2 saturated heterocycles. The Morgan fingerprint density at radius 1 is 0.973 bits per heavy atom. The highest BCUT2D eigenvalue weighted by molar-refractivity contribution is 5.68. The Morgan fingerprint density at radius 3 is 2.00 bits per heavy atom. The van der Waals surface area contributed by atoms with Crippen LogP contribution in [-0.2, 0) is 17.5 Å². The largest absolute Gasteiger partial charge is 0.434 e. The van der Waals surface area contributed by atoms with Crippen molar-refractivity contribution in [2.75, 3.05) is 38.1 Å². The van der Waals surface area contributed by atoms with E-state index >= 15 is 0 Å². The molecule has 2 aliphatic rings. The van der Waals surface area contributed by atoms with Gasteiger partial charge in [0.25, 0.3) is 6.10 Å². The van der Waals surface area contributed by atoms with Gasteiger partial charge in [0.05, 0.1) is 5.56 Å². The van der Waals surface area contributed by atoms with E-state index in [1.807, 2.05) is 16.7 Å². The Bertz CT molecular complexity index is 934. The van der Waals surface area contributed by atoms with Gasteiger partial charge in [-0.3, -0.25) is 4.90 Å². The molecule has 0 unspecified atom stereocenters. The summed E-state index contributed by atoms with van der Waals surface area (Å²) in [7, 11) is 1.74. The van der Waals surface area contributed by atoms with E-state index in [-0.39, 0.29) is 32.5 Å². The molecule has 14 heteroatoms. The van der Waals surface area contributed by atoms with E-state index in [0.717, 1.165) is 29.9 Å². The number of rotatable bonds is 5. The Hall–Kier alpha value is -2.38. The van der Waals surface area contributed by atoms with Crippen molar-refractivity contribution < 1.29 is 49.0 Å². The quantitative estimate of drug-likeness (QED) is 0.409. The summed E-state index contributed by atoms with van der Waals surface area (Å²) in [6.07, 6.45) is -19.9. The minimum Gasteiger partial charge on any atom is -0.426 e. The highest BCUT2D eigenvalue weighted by Gasteiger charge is 2.60. The van der Waals surface area contributed by atoms with Gasteiger partial charge in [0.1, 0.15) is 0 Å². The van der Waals surface area contributed by atoms with Gasteiger partial charge in [-0.05, 0) is 57.4 Å². The molecule has 1 amide bonds. The lowest BCUT2D eigenvalue weighted by atomic mass is 9.87. The summed E-state index contributed by atoms with van der Waals surface area (Å²) in [5.41, 5.74) is -0.225. The molecule has 0 aliphatic carbocycles. The molecule has 5 nitrogen and oxygen atoms in total. The summed E-state index contributed by atoms with van der Waals surface area (Å²) in [6.45, 7) is 3.05. The van der Waals surface area contributed by atoms with Crippen LogP contribution in [-0.4, -0.2) is 73.1 Å². The molecule has 2 aliphatic heterocycles. The van der Waals surface area contributed by atoms with Crippen molar-refractivity contribution in [3.05, 3.63) is 29.3 Å². The first-order chi connectivity index (χ1) is 16.9. The van der Waals surface area contributed by atoms with Crippen LogP contribution in [0.3, 0.4) is 0 Å². The SMILES string of the molecule is CN(Cc1ccc(C(F)(F)F)cc1N1CCCC1)C1(C)CCN(C(=O)OC(C(F)(F)F)C(F)(F)F)CC1. The fourth-order valence-corrected chi connectivity index (χ4v) is 4.62. The number of amides is 1. The number of halogens is 9. The Balaban J connectivity index is 1.69. The number of piperidine rings is 1. The minimum absolute atomic E-state index is 0.145. The van der Waals surface area contributed by atoms with E-state index in [1.54, 1.807) is 7.05 Å². The summed E-state index contributed by atoms with van der Waals surface area (Å²) in [5, 5.41) is 0. The molecular formula is C23H28F9N3O2. The van der Waals surface area contributed by atoms with Crippen LogP contribution < -0.4 is 4.90 Å². The van der Waals surface area contributed by atoms with Crippen LogP contribution in [0.5, 0.6) is 0 Å². The second-order valence-electron chi connectivity index (χ2n) is 9.72. The molecule has 2 heterocycles. The molecule has 0 atom stereocenters. The lowest BCUT2D eigenvalue weighted by Crippen LogP contribution is -2.54. The second-order valence-corrected chi connectivity index (χ2v) is 9.72. The molecule has 1 aromatic carbocycles. The molecule has 0 radical (unpaired) electrons. The first kappa shape index (κ1) is 29.2. The van der Waals surface area contributed by atoms with Gasteiger partial charge in [-0.2, -0.15) is 39.5 Å². The van der Waals surface area contributed by atoms with Gasteiger partial charge in [-0.25, -0.2) is 4.79 Å². The summed E-state index contributed by atoms with van der Waals surface area (Å²) < 4.78 is 120. The molecule has 3 rings (SSSR count). The van der Waals surface area contributed by atoms with Crippen molar-refractivity contribution in [3.8, 4) is 0 Å². The van der Waals surface area contributed by atoms with Gasteiger partial charge in [-0.15, -0.1) is 0 Å². The van der Waals surface area contributed by atoms with E-state index < -0.39 is 41.8 Å². The summed E-state index contributed by atoms with van der Waals surface area (Å²) in [4.78, 5) is 16.7. The van der Waals surface area contributed by atoms with Crippen molar-refractivity contribution in [2.45, 2.75) is 69.3 Å². The van der Waals surface area contributed by atoms with E-state index in [0.29, 0.717) is 24.3 Å². The van der Waals surface area contributed by atoms with Crippen LogP contribution in [0.25, 0.3) is 0 Å². The number of nitrogens with zero attached hydrogens (tertiary/aromatic N) is 3. The zero-order valence-electron chi connectivity index (χ0n) is 20.2. The van der Waals surface area contributed by atoms with Gasteiger partial charge in [-0.1, -0.05) is 6.07 Å². The topological polar surface area (TPSA) is 36.0 Å². The molecule has 0 spiro atoms. The van der Waals surface area contributed by atoms with Crippen LogP contribution >= 0.6 is 0 Å². The predicted octanol–water partition coefficient (Wildman–Crippen LogP) is 6.22. The molecule has 0 bridgehead atoms. The van der Waals surface area contributed by atoms with Crippen molar-refractivity contribution in [1.82, 2.24) is 9.80 Å². The van der Waals surface area contributed by atoms with Gasteiger partial charge >= 0.3 is 24.6 Å². The maximum atomic E-state index is 13.3. The smallest absolute Gasteiger partial charge is 0.426 e. The average Bonchev–Trinajstić information content (AvgIpc) is 3.30. The number of anilines is 1. The standard InChI is InChI=1S/C23H28F9N3O2/c1-20(7-11-35(12-8-20)19(36)37-18(22(27,28)29)23(30,31)32)33(2)14-15-5-6-16(21(24,25)26)13-17(15)34-9-3-4-10-34/h5-6,13,18H,3-4,7-12,14H2,1-2H3. The molecule has 0 aromatic heterocycles. The third-order valence-electron chi connectivity index (χ3n) is 7.10. The molecule has 0 saturated carbocycles. The Kier molecular flexibility index (Phi) is 8.21. The zero-order valence-corrected chi connectivity index (χ0v) is 20.2. The van der Waals surface area contributed by atoms with E-state index in [4.69, 9.17) is 0 Å². The fourth-order valence-electron chi connectivity index (χ4n) is 4.62. The van der Waals surface area contributed by atoms with Gasteiger partial charge < -0.3 is 14.5 Å². The van der Waals surface area contributed by atoms with Gasteiger partial charge in [0.15, 0.2) is 0 Å². The van der Waals surface area contributed by atoms with Crippen LogP contribution in [0.4, 0.5) is 50.0 Å². The number of ether oxygens (including phenoxy) is 1. The molecule has 210 valence electrons. The van der Waals surface area contributed by atoms with Crippen LogP contribution in [0.2, 0.25) is 0 Å². The Labute approximate surface area is 208 Å². The lowest BCUT2D eigenvalue weighted by Gasteiger charge is -2.45. The first-order valence-electron chi connectivity index (χ1n) is 11.7. The summed E-state index contributed by atoms with van der Waals surface area (Å²) in [6, 6.07) is 3.58. The highest BCUT2D eigenvalue weighted by atomic mass is 19.4. The normalized spacial score (nSPS) is 19.2. The number of carbonyl (C=O) groups excluding carboxylic acids is 1. The molecule has 1 aromatic rings. The third kappa shape index (κ3) is 6.94. The summed E-state index contributed by atoms with van der Waals surface area (Å²) >= 11 is 0.